The van der Waals surface area contributed by atoms with Gasteiger partial charge >= 0.3 is 0 Å². The summed E-state index contributed by atoms with van der Waals surface area (Å²) in [4.78, 5) is 7.58. The summed E-state index contributed by atoms with van der Waals surface area (Å²) in [5.74, 6) is -3.92. The SMILES string of the molecule is Cc1ncncc1-c1ccc(F)c(F)c1F.Cl.Cl. The molecule has 2 rings (SSSR count). The zero-order valence-corrected chi connectivity index (χ0v) is 10.8. The van der Waals surface area contributed by atoms with Crippen molar-refractivity contribution in [2.45, 2.75) is 6.92 Å². The van der Waals surface area contributed by atoms with E-state index in [1.54, 1.807) is 6.92 Å². The van der Waals surface area contributed by atoms with Gasteiger partial charge in [0.2, 0.25) is 0 Å². The lowest BCUT2D eigenvalue weighted by Crippen LogP contribution is -1.96. The van der Waals surface area contributed by atoms with Crippen molar-refractivity contribution in [2.24, 2.45) is 0 Å². The molecular formula is C11H9Cl2F3N2. The van der Waals surface area contributed by atoms with E-state index in [1.165, 1.54) is 18.6 Å². The Bertz CT molecular complexity index is 550. The smallest absolute Gasteiger partial charge is 0.195 e. The van der Waals surface area contributed by atoms with Gasteiger partial charge < -0.3 is 0 Å². The molecular weight excluding hydrogens is 288 g/mol. The van der Waals surface area contributed by atoms with Crippen molar-refractivity contribution in [2.75, 3.05) is 0 Å². The highest BCUT2D eigenvalue weighted by atomic mass is 35.5. The zero-order chi connectivity index (χ0) is 11.7. The molecule has 0 fully saturated rings. The van der Waals surface area contributed by atoms with E-state index in [-0.39, 0.29) is 30.4 Å². The van der Waals surface area contributed by atoms with E-state index in [0.29, 0.717) is 11.3 Å². The molecule has 0 spiro atoms. The minimum absolute atomic E-state index is 0. The molecule has 0 N–H and O–H groups in total. The van der Waals surface area contributed by atoms with Crippen molar-refractivity contribution in [3.8, 4) is 11.1 Å². The Kier molecular flexibility index (Phi) is 6.08. The third-order valence-electron chi connectivity index (χ3n) is 2.24. The van der Waals surface area contributed by atoms with Gasteiger partial charge in [-0.05, 0) is 19.1 Å². The third kappa shape index (κ3) is 2.91. The quantitative estimate of drug-likeness (QED) is 0.750. The summed E-state index contributed by atoms with van der Waals surface area (Å²) >= 11 is 0. The largest absolute Gasteiger partial charge is 0.244 e. The van der Waals surface area contributed by atoms with E-state index in [9.17, 15) is 13.2 Å². The number of nitrogens with zero attached hydrogens (tertiary/aromatic N) is 2. The first-order valence-corrected chi connectivity index (χ1v) is 4.51. The second-order valence-electron chi connectivity index (χ2n) is 3.24. The van der Waals surface area contributed by atoms with Crippen molar-refractivity contribution in [3.63, 3.8) is 0 Å². The standard InChI is InChI=1S/C11H7F3N2.2ClH/c1-6-8(4-15-5-16-6)7-2-3-9(12)11(14)10(7)13;;/h2-5H,1H3;2*1H. The summed E-state index contributed by atoms with van der Waals surface area (Å²) in [5, 5.41) is 0. The first-order chi connectivity index (χ1) is 7.61. The average molecular weight is 297 g/mol. The Morgan fingerprint density at radius 3 is 2.22 bits per heavy atom. The van der Waals surface area contributed by atoms with Gasteiger partial charge in [-0.25, -0.2) is 23.1 Å². The van der Waals surface area contributed by atoms with Gasteiger partial charge in [-0.2, -0.15) is 0 Å². The van der Waals surface area contributed by atoms with Crippen LogP contribution in [0.15, 0.2) is 24.7 Å². The molecule has 0 atom stereocenters. The van der Waals surface area contributed by atoms with Crippen LogP contribution in [0.25, 0.3) is 11.1 Å². The van der Waals surface area contributed by atoms with Crippen molar-refractivity contribution >= 4 is 24.8 Å². The minimum atomic E-state index is -1.49. The number of hydrogen-bond donors (Lipinski definition) is 0. The maximum atomic E-state index is 13.5. The lowest BCUT2D eigenvalue weighted by atomic mass is 10.1. The van der Waals surface area contributed by atoms with E-state index in [4.69, 9.17) is 0 Å². The summed E-state index contributed by atoms with van der Waals surface area (Å²) in [5.41, 5.74) is 0.802. The first-order valence-electron chi connectivity index (χ1n) is 4.51. The fourth-order valence-electron chi connectivity index (χ4n) is 1.39. The van der Waals surface area contributed by atoms with Gasteiger partial charge in [-0.3, -0.25) is 0 Å². The molecule has 0 bridgehead atoms. The number of hydrogen-bond acceptors (Lipinski definition) is 2. The summed E-state index contributed by atoms with van der Waals surface area (Å²) in [6.07, 6.45) is 2.66. The molecule has 2 nitrogen and oxygen atoms in total. The van der Waals surface area contributed by atoms with Crippen LogP contribution in [0.2, 0.25) is 0 Å². The van der Waals surface area contributed by atoms with Crippen LogP contribution in [0.4, 0.5) is 13.2 Å². The molecule has 0 aliphatic carbocycles. The highest BCUT2D eigenvalue weighted by Crippen LogP contribution is 2.26. The lowest BCUT2D eigenvalue weighted by Gasteiger charge is -2.06. The minimum Gasteiger partial charge on any atom is -0.244 e. The molecule has 0 saturated heterocycles. The molecule has 98 valence electrons. The molecule has 2 aromatic rings. The van der Waals surface area contributed by atoms with Gasteiger partial charge in [0.05, 0.1) is 0 Å². The van der Waals surface area contributed by atoms with Crippen LogP contribution in [0.1, 0.15) is 5.69 Å². The number of halogens is 5. The number of aromatic nitrogens is 2. The van der Waals surface area contributed by atoms with Gasteiger partial charge in [0.1, 0.15) is 6.33 Å². The topological polar surface area (TPSA) is 25.8 Å². The normalized spacial score (nSPS) is 9.33. The molecule has 0 amide bonds. The molecule has 7 heteroatoms. The predicted molar refractivity (Wildman–Crippen MR) is 66.6 cm³/mol. The summed E-state index contributed by atoms with van der Waals surface area (Å²) in [6, 6.07) is 2.04. The highest BCUT2D eigenvalue weighted by molar-refractivity contribution is 5.85. The Morgan fingerprint density at radius 1 is 0.944 bits per heavy atom. The zero-order valence-electron chi connectivity index (χ0n) is 9.15. The molecule has 0 aliphatic heterocycles. The highest BCUT2D eigenvalue weighted by Gasteiger charge is 2.16. The van der Waals surface area contributed by atoms with Crippen molar-refractivity contribution in [3.05, 3.63) is 47.8 Å². The molecule has 1 aromatic heterocycles. The summed E-state index contributed by atoms with van der Waals surface area (Å²) in [7, 11) is 0. The molecule has 18 heavy (non-hydrogen) atoms. The second kappa shape index (κ2) is 6.56. The molecule has 1 heterocycles. The van der Waals surface area contributed by atoms with Crippen molar-refractivity contribution in [1.82, 2.24) is 9.97 Å². The molecule has 0 unspecified atom stereocenters. The Morgan fingerprint density at radius 2 is 1.61 bits per heavy atom. The van der Waals surface area contributed by atoms with Gasteiger partial charge in [0.25, 0.3) is 0 Å². The van der Waals surface area contributed by atoms with Crippen LogP contribution in [-0.4, -0.2) is 9.97 Å². The van der Waals surface area contributed by atoms with E-state index in [1.807, 2.05) is 0 Å². The number of benzene rings is 1. The fraction of sp³-hybridized carbons (Fsp3) is 0.0909. The van der Waals surface area contributed by atoms with Gasteiger partial charge in [0, 0.05) is 23.0 Å². The van der Waals surface area contributed by atoms with Crippen LogP contribution >= 0.6 is 24.8 Å². The van der Waals surface area contributed by atoms with E-state index in [2.05, 4.69) is 9.97 Å². The van der Waals surface area contributed by atoms with Crippen LogP contribution in [0.3, 0.4) is 0 Å². The number of rotatable bonds is 1. The maximum Gasteiger partial charge on any atom is 0.195 e. The van der Waals surface area contributed by atoms with Crippen LogP contribution in [-0.2, 0) is 0 Å². The van der Waals surface area contributed by atoms with Gasteiger partial charge in [0.15, 0.2) is 17.5 Å². The molecule has 1 aromatic carbocycles. The molecule has 0 radical (unpaired) electrons. The van der Waals surface area contributed by atoms with Crippen molar-refractivity contribution < 1.29 is 13.2 Å². The van der Waals surface area contributed by atoms with Crippen LogP contribution in [0.5, 0.6) is 0 Å². The fourth-order valence-corrected chi connectivity index (χ4v) is 1.39. The summed E-state index contributed by atoms with van der Waals surface area (Å²) in [6.45, 7) is 1.64. The maximum absolute atomic E-state index is 13.5. The molecule has 0 aliphatic rings. The first kappa shape index (κ1) is 16.7. The summed E-state index contributed by atoms with van der Waals surface area (Å²) < 4.78 is 39.2. The Balaban J connectivity index is 0.00000144. The van der Waals surface area contributed by atoms with Gasteiger partial charge in [-0.1, -0.05) is 0 Å². The lowest BCUT2D eigenvalue weighted by molar-refractivity contribution is 0.449. The van der Waals surface area contributed by atoms with Crippen LogP contribution < -0.4 is 0 Å². The van der Waals surface area contributed by atoms with Crippen LogP contribution in [0, 0.1) is 24.4 Å². The number of aryl methyl sites for hydroxylation is 1. The monoisotopic (exact) mass is 296 g/mol. The predicted octanol–water partition coefficient (Wildman–Crippen LogP) is 3.71. The average Bonchev–Trinajstić information content (AvgIpc) is 2.28. The molecule has 0 saturated carbocycles. The van der Waals surface area contributed by atoms with E-state index in [0.717, 1.165) is 6.07 Å². The second-order valence-corrected chi connectivity index (χ2v) is 3.24. The van der Waals surface area contributed by atoms with Crippen molar-refractivity contribution in [1.29, 1.82) is 0 Å². The third-order valence-corrected chi connectivity index (χ3v) is 2.24. The Labute approximate surface area is 114 Å². The van der Waals surface area contributed by atoms with E-state index < -0.39 is 17.5 Å². The van der Waals surface area contributed by atoms with Gasteiger partial charge in [-0.15, -0.1) is 24.8 Å². The van der Waals surface area contributed by atoms with E-state index >= 15 is 0 Å². The Hall–Kier alpha value is -1.33.